The molecule has 0 aliphatic rings. The number of hydrogen-bond donors (Lipinski definition) is 1. The molecule has 1 aromatic rings. The number of amides is 1. The molecule has 0 aliphatic carbocycles. The Bertz CT molecular complexity index is 362. The fourth-order valence-corrected chi connectivity index (χ4v) is 1.72. The van der Waals surface area contributed by atoms with Crippen molar-refractivity contribution in [2.24, 2.45) is 0 Å². The first kappa shape index (κ1) is 11.6. The summed E-state index contributed by atoms with van der Waals surface area (Å²) in [6, 6.07) is 0. The number of carbonyl (C=O) groups is 2. The van der Waals surface area contributed by atoms with Gasteiger partial charge in [-0.15, -0.1) is 11.3 Å². The Kier molecular flexibility index (Phi) is 4.23. The van der Waals surface area contributed by atoms with E-state index in [1.807, 2.05) is 5.38 Å². The van der Waals surface area contributed by atoms with Crippen molar-refractivity contribution in [3.05, 3.63) is 11.1 Å². The molecule has 0 unspecified atom stereocenters. The summed E-state index contributed by atoms with van der Waals surface area (Å²) in [4.78, 5) is 25.3. The lowest BCUT2D eigenvalue weighted by molar-refractivity contribution is -0.140. The van der Waals surface area contributed by atoms with Gasteiger partial charge in [-0.25, -0.2) is 4.98 Å². The quantitative estimate of drug-likeness (QED) is 0.786. The predicted octanol–water partition coefficient (Wildman–Crippen LogP) is 1.21. The number of ether oxygens (including phenoxy) is 1. The van der Waals surface area contributed by atoms with Gasteiger partial charge in [-0.3, -0.25) is 9.59 Å². The Morgan fingerprint density at radius 2 is 2.27 bits per heavy atom. The van der Waals surface area contributed by atoms with Crippen LogP contribution in [0.2, 0.25) is 0 Å². The van der Waals surface area contributed by atoms with Crippen LogP contribution in [0.5, 0.6) is 0 Å². The van der Waals surface area contributed by atoms with Gasteiger partial charge in [0.25, 0.3) is 0 Å². The molecule has 1 aromatic heterocycles. The highest BCUT2D eigenvalue weighted by atomic mass is 32.1. The third kappa shape index (κ3) is 4.55. The number of aromatic nitrogens is 1. The Balaban J connectivity index is 2.39. The maximum Gasteiger partial charge on any atom is 0.302 e. The van der Waals surface area contributed by atoms with Crippen molar-refractivity contribution in [3.8, 4) is 0 Å². The van der Waals surface area contributed by atoms with Crippen molar-refractivity contribution >= 4 is 28.3 Å². The van der Waals surface area contributed by atoms with Crippen LogP contribution in [-0.2, 0) is 20.7 Å². The van der Waals surface area contributed by atoms with Gasteiger partial charge in [0, 0.05) is 25.6 Å². The predicted molar refractivity (Wildman–Crippen MR) is 56.8 cm³/mol. The van der Waals surface area contributed by atoms with Crippen molar-refractivity contribution < 1.29 is 14.3 Å². The van der Waals surface area contributed by atoms with Crippen molar-refractivity contribution in [1.82, 2.24) is 4.98 Å². The lowest BCUT2D eigenvalue weighted by Crippen LogP contribution is -2.06. The summed E-state index contributed by atoms with van der Waals surface area (Å²) in [5.41, 5.74) is 0.810. The summed E-state index contributed by atoms with van der Waals surface area (Å²) < 4.78 is 4.77. The number of nitrogens with one attached hydrogen (secondary N) is 1. The number of hydrogen-bond acceptors (Lipinski definition) is 5. The normalized spacial score (nSPS) is 9.73. The molecule has 0 saturated carbocycles. The van der Waals surface area contributed by atoms with E-state index in [9.17, 15) is 9.59 Å². The van der Waals surface area contributed by atoms with E-state index in [0.717, 1.165) is 5.69 Å². The van der Waals surface area contributed by atoms with Gasteiger partial charge in [-0.1, -0.05) is 0 Å². The molecule has 82 valence electrons. The van der Waals surface area contributed by atoms with E-state index < -0.39 is 0 Å². The minimum Gasteiger partial charge on any atom is -0.465 e. The van der Waals surface area contributed by atoms with Crippen LogP contribution in [0.3, 0.4) is 0 Å². The number of esters is 1. The molecule has 0 bridgehead atoms. The summed E-state index contributed by atoms with van der Waals surface area (Å²) in [5, 5.41) is 4.98. The van der Waals surface area contributed by atoms with Crippen LogP contribution in [0.1, 0.15) is 19.5 Å². The van der Waals surface area contributed by atoms with E-state index in [4.69, 9.17) is 4.74 Å². The van der Waals surface area contributed by atoms with Crippen LogP contribution in [-0.4, -0.2) is 23.5 Å². The smallest absolute Gasteiger partial charge is 0.302 e. The topological polar surface area (TPSA) is 68.3 Å². The third-order valence-corrected chi connectivity index (χ3v) is 2.30. The van der Waals surface area contributed by atoms with Crippen LogP contribution in [0, 0.1) is 0 Å². The Morgan fingerprint density at radius 1 is 1.53 bits per heavy atom. The Hall–Kier alpha value is -1.43. The van der Waals surface area contributed by atoms with Crippen LogP contribution in [0.15, 0.2) is 5.38 Å². The van der Waals surface area contributed by atoms with Gasteiger partial charge in [-0.05, 0) is 0 Å². The summed E-state index contributed by atoms with van der Waals surface area (Å²) in [6.07, 6.45) is 0.565. The van der Waals surface area contributed by atoms with Gasteiger partial charge in [0.05, 0.1) is 12.3 Å². The van der Waals surface area contributed by atoms with Crippen molar-refractivity contribution in [1.29, 1.82) is 0 Å². The number of carbonyl (C=O) groups excluding carboxylic acids is 2. The molecule has 6 heteroatoms. The summed E-state index contributed by atoms with van der Waals surface area (Å²) in [6.45, 7) is 3.11. The maximum absolute atomic E-state index is 10.7. The number of thiazole rings is 1. The van der Waals surface area contributed by atoms with Crippen molar-refractivity contribution in [2.75, 3.05) is 11.9 Å². The molecule has 0 aliphatic heterocycles. The van der Waals surface area contributed by atoms with Gasteiger partial charge < -0.3 is 10.1 Å². The SMILES string of the molecule is CC(=O)Nc1nc(CCOC(C)=O)cs1. The van der Waals surface area contributed by atoms with Crippen LogP contribution in [0.25, 0.3) is 0 Å². The second kappa shape index (κ2) is 5.45. The second-order valence-electron chi connectivity index (χ2n) is 2.92. The average Bonchev–Trinajstić information content (AvgIpc) is 2.50. The highest BCUT2D eigenvalue weighted by molar-refractivity contribution is 7.13. The molecule has 0 fully saturated rings. The molecule has 1 heterocycles. The average molecular weight is 228 g/mol. The monoisotopic (exact) mass is 228 g/mol. The number of nitrogens with zero attached hydrogens (tertiary/aromatic N) is 1. The van der Waals surface area contributed by atoms with E-state index in [1.165, 1.54) is 25.2 Å². The van der Waals surface area contributed by atoms with Gasteiger partial charge in [-0.2, -0.15) is 0 Å². The zero-order valence-electron chi connectivity index (χ0n) is 8.57. The first-order valence-corrected chi connectivity index (χ1v) is 5.31. The van der Waals surface area contributed by atoms with Gasteiger partial charge in [0.1, 0.15) is 0 Å². The van der Waals surface area contributed by atoms with Crippen LogP contribution >= 0.6 is 11.3 Å². The molecule has 0 radical (unpaired) electrons. The lowest BCUT2D eigenvalue weighted by atomic mass is 10.4. The molecule has 0 saturated heterocycles. The van der Waals surface area contributed by atoms with Gasteiger partial charge in [0.15, 0.2) is 5.13 Å². The van der Waals surface area contributed by atoms with E-state index in [1.54, 1.807) is 0 Å². The minimum absolute atomic E-state index is 0.143. The number of anilines is 1. The van der Waals surface area contributed by atoms with E-state index >= 15 is 0 Å². The van der Waals surface area contributed by atoms with Gasteiger partial charge in [0.2, 0.25) is 5.91 Å². The summed E-state index contributed by atoms with van der Waals surface area (Å²) in [5.74, 6) is -0.441. The fraction of sp³-hybridized carbons (Fsp3) is 0.444. The summed E-state index contributed by atoms with van der Waals surface area (Å²) >= 11 is 1.35. The van der Waals surface area contributed by atoms with Gasteiger partial charge >= 0.3 is 5.97 Å². The lowest BCUT2D eigenvalue weighted by Gasteiger charge is -1.98. The molecule has 1 rings (SSSR count). The van der Waals surface area contributed by atoms with Crippen LogP contribution in [0.4, 0.5) is 5.13 Å². The molecule has 5 nitrogen and oxygen atoms in total. The third-order valence-electron chi connectivity index (χ3n) is 1.50. The largest absolute Gasteiger partial charge is 0.465 e. The van der Waals surface area contributed by atoms with Crippen molar-refractivity contribution in [3.63, 3.8) is 0 Å². The highest BCUT2D eigenvalue weighted by Gasteiger charge is 2.03. The minimum atomic E-state index is -0.299. The van der Waals surface area contributed by atoms with Crippen LogP contribution < -0.4 is 5.32 Å². The zero-order valence-corrected chi connectivity index (χ0v) is 9.39. The van der Waals surface area contributed by atoms with E-state index in [0.29, 0.717) is 18.2 Å². The molecule has 15 heavy (non-hydrogen) atoms. The summed E-state index contributed by atoms with van der Waals surface area (Å²) in [7, 11) is 0. The molecule has 0 atom stereocenters. The second-order valence-corrected chi connectivity index (χ2v) is 3.77. The first-order chi connectivity index (χ1) is 7.08. The molecule has 1 N–H and O–H groups in total. The van der Waals surface area contributed by atoms with E-state index in [-0.39, 0.29) is 11.9 Å². The molecular formula is C9H12N2O3S. The molecular weight excluding hydrogens is 216 g/mol. The standard InChI is InChI=1S/C9H12N2O3S/c1-6(12)10-9-11-8(5-15-9)3-4-14-7(2)13/h5H,3-4H2,1-2H3,(H,10,11,12). The fourth-order valence-electron chi connectivity index (χ4n) is 0.929. The number of rotatable bonds is 4. The zero-order chi connectivity index (χ0) is 11.3. The Morgan fingerprint density at radius 3 is 2.87 bits per heavy atom. The first-order valence-electron chi connectivity index (χ1n) is 4.43. The molecule has 1 amide bonds. The van der Waals surface area contributed by atoms with E-state index in [2.05, 4.69) is 10.3 Å². The van der Waals surface area contributed by atoms with Crippen molar-refractivity contribution in [2.45, 2.75) is 20.3 Å². The molecule has 0 spiro atoms. The maximum atomic E-state index is 10.7. The highest BCUT2D eigenvalue weighted by Crippen LogP contribution is 2.15. The Labute approximate surface area is 91.5 Å². The molecule has 0 aromatic carbocycles.